The molecule has 2 aromatic rings. The molecule has 0 spiro atoms. The Morgan fingerprint density at radius 2 is 2.00 bits per heavy atom. The minimum atomic E-state index is 0.583. The van der Waals surface area contributed by atoms with E-state index in [1.54, 1.807) is 0 Å². The monoisotopic (exact) mass is 367 g/mol. The number of nitrogens with zero attached hydrogens (tertiary/aromatic N) is 3. The van der Waals surface area contributed by atoms with E-state index in [0.29, 0.717) is 24.9 Å². The first-order chi connectivity index (χ1) is 10.7. The van der Waals surface area contributed by atoms with Crippen molar-refractivity contribution in [2.75, 3.05) is 24.7 Å². The van der Waals surface area contributed by atoms with E-state index in [9.17, 15) is 0 Å². The standard InChI is InChI=1S/C16H22BrN3O2/c1-3-4-10-21-11-9-20(12-16-18-13(2)19-22-16)15-7-5-14(17)6-8-15/h5-8H,3-4,9-12H2,1-2H3. The van der Waals surface area contributed by atoms with Crippen LogP contribution in [0.2, 0.25) is 0 Å². The van der Waals surface area contributed by atoms with Crippen molar-refractivity contribution in [2.45, 2.75) is 33.2 Å². The smallest absolute Gasteiger partial charge is 0.246 e. The fraction of sp³-hybridized carbons (Fsp3) is 0.500. The highest BCUT2D eigenvalue weighted by molar-refractivity contribution is 9.10. The number of halogens is 1. The van der Waals surface area contributed by atoms with Gasteiger partial charge in [-0.3, -0.25) is 0 Å². The Morgan fingerprint density at radius 1 is 1.23 bits per heavy atom. The van der Waals surface area contributed by atoms with E-state index in [1.807, 2.05) is 19.1 Å². The first-order valence-corrected chi connectivity index (χ1v) is 8.35. The number of rotatable bonds is 9. The molecule has 2 rings (SSSR count). The van der Waals surface area contributed by atoms with Crippen LogP contribution >= 0.6 is 15.9 Å². The number of aromatic nitrogens is 2. The largest absolute Gasteiger partial charge is 0.380 e. The molecule has 0 aliphatic rings. The Bertz CT molecular complexity index is 557. The van der Waals surface area contributed by atoms with Crippen LogP contribution in [-0.2, 0) is 11.3 Å². The number of benzene rings is 1. The highest BCUT2D eigenvalue weighted by atomic mass is 79.9. The lowest BCUT2D eigenvalue weighted by molar-refractivity contribution is 0.136. The van der Waals surface area contributed by atoms with Gasteiger partial charge in [-0.1, -0.05) is 34.4 Å². The molecule has 0 aliphatic carbocycles. The molecule has 120 valence electrons. The van der Waals surface area contributed by atoms with Crippen molar-refractivity contribution in [2.24, 2.45) is 0 Å². The molecule has 0 saturated heterocycles. The van der Waals surface area contributed by atoms with Gasteiger partial charge in [-0.25, -0.2) is 0 Å². The molecular weight excluding hydrogens is 346 g/mol. The zero-order valence-electron chi connectivity index (χ0n) is 13.1. The Balaban J connectivity index is 1.98. The molecule has 0 aliphatic heterocycles. The van der Waals surface area contributed by atoms with E-state index in [0.717, 1.165) is 36.2 Å². The summed E-state index contributed by atoms with van der Waals surface area (Å²) in [4.78, 5) is 6.47. The summed E-state index contributed by atoms with van der Waals surface area (Å²) in [6.07, 6.45) is 2.25. The summed E-state index contributed by atoms with van der Waals surface area (Å²) in [6, 6.07) is 8.19. The SMILES string of the molecule is CCCCOCCN(Cc1nc(C)no1)c1ccc(Br)cc1. The molecule has 0 unspecified atom stereocenters. The van der Waals surface area contributed by atoms with E-state index < -0.39 is 0 Å². The van der Waals surface area contributed by atoms with Crippen molar-refractivity contribution in [1.29, 1.82) is 0 Å². The van der Waals surface area contributed by atoms with Gasteiger partial charge in [-0.15, -0.1) is 0 Å². The summed E-state index contributed by atoms with van der Waals surface area (Å²) in [5, 5.41) is 3.85. The van der Waals surface area contributed by atoms with Crippen molar-refractivity contribution < 1.29 is 9.26 Å². The summed E-state index contributed by atoms with van der Waals surface area (Å²) < 4.78 is 12.0. The summed E-state index contributed by atoms with van der Waals surface area (Å²) in [7, 11) is 0. The maximum absolute atomic E-state index is 5.68. The predicted octanol–water partition coefficient (Wildman–Crippen LogP) is 3.96. The third-order valence-electron chi connectivity index (χ3n) is 3.24. The molecule has 6 heteroatoms. The van der Waals surface area contributed by atoms with Gasteiger partial charge in [-0.2, -0.15) is 4.98 Å². The van der Waals surface area contributed by atoms with Crippen LogP contribution in [0, 0.1) is 6.92 Å². The molecule has 0 saturated carbocycles. The van der Waals surface area contributed by atoms with Gasteiger partial charge in [0.2, 0.25) is 5.89 Å². The second kappa shape index (κ2) is 8.90. The molecule has 0 fully saturated rings. The lowest BCUT2D eigenvalue weighted by Crippen LogP contribution is -2.27. The summed E-state index contributed by atoms with van der Waals surface area (Å²) in [5.74, 6) is 1.28. The molecule has 0 amide bonds. The Labute approximate surface area is 139 Å². The normalized spacial score (nSPS) is 10.9. The lowest BCUT2D eigenvalue weighted by Gasteiger charge is -2.23. The van der Waals surface area contributed by atoms with Crippen LogP contribution in [0.1, 0.15) is 31.5 Å². The molecule has 0 N–H and O–H groups in total. The fourth-order valence-electron chi connectivity index (χ4n) is 2.04. The first kappa shape index (κ1) is 17.0. The van der Waals surface area contributed by atoms with E-state index in [-0.39, 0.29) is 0 Å². The van der Waals surface area contributed by atoms with Crippen molar-refractivity contribution in [3.05, 3.63) is 40.5 Å². The van der Waals surface area contributed by atoms with Gasteiger partial charge in [-0.05, 0) is 37.6 Å². The van der Waals surface area contributed by atoms with E-state index in [4.69, 9.17) is 9.26 Å². The minimum Gasteiger partial charge on any atom is -0.380 e. The van der Waals surface area contributed by atoms with Crippen LogP contribution in [0.15, 0.2) is 33.3 Å². The molecule has 0 bridgehead atoms. The molecule has 5 nitrogen and oxygen atoms in total. The Kier molecular flexibility index (Phi) is 6.86. The molecule has 22 heavy (non-hydrogen) atoms. The molecule has 0 radical (unpaired) electrons. The Hall–Kier alpha value is -1.40. The maximum atomic E-state index is 5.68. The third-order valence-corrected chi connectivity index (χ3v) is 3.76. The van der Waals surface area contributed by atoms with Crippen molar-refractivity contribution in [3.8, 4) is 0 Å². The lowest BCUT2D eigenvalue weighted by atomic mass is 10.3. The Morgan fingerprint density at radius 3 is 2.64 bits per heavy atom. The van der Waals surface area contributed by atoms with E-state index >= 15 is 0 Å². The maximum Gasteiger partial charge on any atom is 0.246 e. The minimum absolute atomic E-state index is 0.583. The van der Waals surface area contributed by atoms with Gasteiger partial charge in [0.25, 0.3) is 0 Å². The van der Waals surface area contributed by atoms with Crippen LogP contribution in [-0.4, -0.2) is 29.9 Å². The first-order valence-electron chi connectivity index (χ1n) is 7.56. The summed E-state index contributed by atoms with van der Waals surface area (Å²) in [6.45, 7) is 6.85. The molecular formula is C16H22BrN3O2. The highest BCUT2D eigenvalue weighted by Crippen LogP contribution is 2.20. The average Bonchev–Trinajstić information content (AvgIpc) is 2.92. The molecule has 1 aromatic carbocycles. The quantitative estimate of drug-likeness (QED) is 0.627. The van der Waals surface area contributed by atoms with E-state index in [1.165, 1.54) is 0 Å². The average molecular weight is 368 g/mol. The van der Waals surface area contributed by atoms with Gasteiger partial charge in [0.15, 0.2) is 5.82 Å². The topological polar surface area (TPSA) is 51.4 Å². The van der Waals surface area contributed by atoms with Gasteiger partial charge in [0.1, 0.15) is 0 Å². The number of aryl methyl sites for hydroxylation is 1. The van der Waals surface area contributed by atoms with Gasteiger partial charge >= 0.3 is 0 Å². The van der Waals surface area contributed by atoms with Crippen LogP contribution in [0.25, 0.3) is 0 Å². The number of hydrogen-bond donors (Lipinski definition) is 0. The van der Waals surface area contributed by atoms with Crippen LogP contribution in [0.4, 0.5) is 5.69 Å². The second-order valence-corrected chi connectivity index (χ2v) is 6.01. The number of hydrogen-bond acceptors (Lipinski definition) is 5. The van der Waals surface area contributed by atoms with Gasteiger partial charge in [0.05, 0.1) is 13.2 Å². The zero-order valence-corrected chi connectivity index (χ0v) is 14.7. The summed E-state index contributed by atoms with van der Waals surface area (Å²) >= 11 is 3.46. The third kappa shape index (κ3) is 5.42. The number of ether oxygens (including phenoxy) is 1. The van der Waals surface area contributed by atoms with Crippen molar-refractivity contribution in [1.82, 2.24) is 10.1 Å². The van der Waals surface area contributed by atoms with Crippen LogP contribution in [0.5, 0.6) is 0 Å². The molecule has 1 heterocycles. The highest BCUT2D eigenvalue weighted by Gasteiger charge is 2.12. The number of anilines is 1. The zero-order chi connectivity index (χ0) is 15.8. The second-order valence-electron chi connectivity index (χ2n) is 5.10. The van der Waals surface area contributed by atoms with Crippen LogP contribution < -0.4 is 4.90 Å². The number of unbranched alkanes of at least 4 members (excludes halogenated alkanes) is 1. The van der Waals surface area contributed by atoms with Crippen molar-refractivity contribution >= 4 is 21.6 Å². The molecule has 0 atom stereocenters. The summed E-state index contributed by atoms with van der Waals surface area (Å²) in [5.41, 5.74) is 1.11. The fourth-order valence-corrected chi connectivity index (χ4v) is 2.31. The van der Waals surface area contributed by atoms with E-state index in [2.05, 4.69) is 50.0 Å². The van der Waals surface area contributed by atoms with Gasteiger partial charge in [0, 0.05) is 23.3 Å². The van der Waals surface area contributed by atoms with Crippen LogP contribution in [0.3, 0.4) is 0 Å². The van der Waals surface area contributed by atoms with Gasteiger partial charge < -0.3 is 14.2 Å². The predicted molar refractivity (Wildman–Crippen MR) is 90.0 cm³/mol. The molecule has 1 aromatic heterocycles. The van der Waals surface area contributed by atoms with Crippen molar-refractivity contribution in [3.63, 3.8) is 0 Å².